The molecule has 3 rings (SSSR count). The lowest BCUT2D eigenvalue weighted by molar-refractivity contribution is 0.0943. The van der Waals surface area contributed by atoms with E-state index in [1.807, 2.05) is 41.2 Å². The van der Waals surface area contributed by atoms with E-state index in [2.05, 4.69) is 10.3 Å². The average molecular weight is 273 g/mol. The van der Waals surface area contributed by atoms with Crippen LogP contribution < -0.4 is 5.32 Å². The number of thioether (sulfide) groups is 1. The van der Waals surface area contributed by atoms with Crippen LogP contribution in [0.4, 0.5) is 0 Å². The van der Waals surface area contributed by atoms with Crippen molar-refractivity contribution < 1.29 is 4.79 Å². The molecule has 0 saturated heterocycles. The molecule has 4 nitrogen and oxygen atoms in total. The lowest BCUT2D eigenvalue weighted by Crippen LogP contribution is -2.27. The summed E-state index contributed by atoms with van der Waals surface area (Å²) in [6, 6.07) is 10.2. The Kier molecular flexibility index (Phi) is 3.29. The second kappa shape index (κ2) is 5.09. The van der Waals surface area contributed by atoms with Crippen molar-refractivity contribution >= 4 is 17.7 Å². The van der Waals surface area contributed by atoms with E-state index in [4.69, 9.17) is 0 Å². The number of nitrogens with zero attached hydrogens (tertiary/aromatic N) is 2. The van der Waals surface area contributed by atoms with Crippen LogP contribution in [0.15, 0.2) is 41.7 Å². The van der Waals surface area contributed by atoms with Gasteiger partial charge in [0.2, 0.25) is 0 Å². The maximum absolute atomic E-state index is 12.2. The summed E-state index contributed by atoms with van der Waals surface area (Å²) in [6.07, 6.45) is 5.78. The minimum absolute atomic E-state index is 0.0425. The highest BCUT2D eigenvalue weighted by Crippen LogP contribution is 2.23. The molecule has 2 aromatic rings. The van der Waals surface area contributed by atoms with Crippen molar-refractivity contribution in [2.45, 2.75) is 24.0 Å². The van der Waals surface area contributed by atoms with Crippen LogP contribution >= 0.6 is 11.8 Å². The number of amides is 1. The molecule has 1 aliphatic carbocycles. The summed E-state index contributed by atoms with van der Waals surface area (Å²) in [5.74, 6) is -0.0425. The minimum Gasteiger partial charge on any atom is -0.348 e. The van der Waals surface area contributed by atoms with Crippen LogP contribution in [-0.2, 0) is 0 Å². The molecule has 1 amide bonds. The number of para-hydroxylation sites is 1. The fraction of sp³-hybridized carbons (Fsp3) is 0.286. The van der Waals surface area contributed by atoms with Crippen molar-refractivity contribution in [3.63, 3.8) is 0 Å². The van der Waals surface area contributed by atoms with Gasteiger partial charge in [-0.25, -0.2) is 4.98 Å². The van der Waals surface area contributed by atoms with Gasteiger partial charge in [-0.15, -0.1) is 0 Å². The summed E-state index contributed by atoms with van der Waals surface area (Å²) in [7, 11) is 0. The molecule has 98 valence electrons. The molecular weight excluding hydrogens is 258 g/mol. The van der Waals surface area contributed by atoms with Crippen LogP contribution in [0.1, 0.15) is 23.3 Å². The van der Waals surface area contributed by atoms with Gasteiger partial charge in [-0.2, -0.15) is 0 Å². The zero-order chi connectivity index (χ0) is 13.2. The first kappa shape index (κ1) is 12.3. The van der Waals surface area contributed by atoms with Crippen LogP contribution in [0.25, 0.3) is 5.69 Å². The van der Waals surface area contributed by atoms with Crippen molar-refractivity contribution in [2.75, 3.05) is 6.26 Å². The molecule has 1 heterocycles. The molecule has 19 heavy (non-hydrogen) atoms. The third-order valence-corrected chi connectivity index (χ3v) is 3.72. The molecule has 1 aromatic heterocycles. The van der Waals surface area contributed by atoms with Crippen molar-refractivity contribution in [1.29, 1.82) is 0 Å². The zero-order valence-corrected chi connectivity index (χ0v) is 11.5. The third-order valence-electron chi connectivity index (χ3n) is 3.07. The van der Waals surface area contributed by atoms with Crippen molar-refractivity contribution in [2.24, 2.45) is 0 Å². The topological polar surface area (TPSA) is 46.9 Å². The average Bonchev–Trinajstić information content (AvgIpc) is 3.15. The summed E-state index contributed by atoms with van der Waals surface area (Å²) < 4.78 is 1.91. The lowest BCUT2D eigenvalue weighted by atomic mass is 10.3. The molecule has 5 heteroatoms. The second-order valence-electron chi connectivity index (χ2n) is 4.55. The van der Waals surface area contributed by atoms with Crippen LogP contribution in [-0.4, -0.2) is 27.8 Å². The standard InChI is InChI=1S/C14H15N3OS/c1-19-14-15-9-12(13(18)16-10-7-8-10)17(14)11-5-3-2-4-6-11/h2-6,9-10H,7-8H2,1H3,(H,16,18). The Morgan fingerprint density at radius 1 is 1.37 bits per heavy atom. The van der Waals surface area contributed by atoms with Crippen LogP contribution in [0.5, 0.6) is 0 Å². The number of carbonyl (C=O) groups is 1. The fourth-order valence-corrected chi connectivity index (χ4v) is 2.50. The van der Waals surface area contributed by atoms with Gasteiger partial charge in [-0.3, -0.25) is 9.36 Å². The highest BCUT2D eigenvalue weighted by atomic mass is 32.2. The minimum atomic E-state index is -0.0425. The van der Waals surface area contributed by atoms with Gasteiger partial charge in [0.15, 0.2) is 5.16 Å². The number of benzene rings is 1. The quantitative estimate of drug-likeness (QED) is 0.871. The largest absolute Gasteiger partial charge is 0.348 e. The molecule has 1 fully saturated rings. The summed E-state index contributed by atoms with van der Waals surface area (Å²) >= 11 is 1.53. The number of imidazole rings is 1. The predicted molar refractivity (Wildman–Crippen MR) is 75.8 cm³/mol. The molecule has 0 unspecified atom stereocenters. The summed E-state index contributed by atoms with van der Waals surface area (Å²) in [4.78, 5) is 16.6. The van der Waals surface area contributed by atoms with E-state index in [0.717, 1.165) is 23.7 Å². The van der Waals surface area contributed by atoms with E-state index >= 15 is 0 Å². The lowest BCUT2D eigenvalue weighted by Gasteiger charge is -2.10. The van der Waals surface area contributed by atoms with Crippen molar-refractivity contribution in [1.82, 2.24) is 14.9 Å². The molecule has 0 atom stereocenters. The normalized spacial score (nSPS) is 14.4. The molecule has 0 bridgehead atoms. The molecule has 0 radical (unpaired) electrons. The van der Waals surface area contributed by atoms with Crippen molar-refractivity contribution in [3.8, 4) is 5.69 Å². The monoisotopic (exact) mass is 273 g/mol. The number of hydrogen-bond donors (Lipinski definition) is 1. The van der Waals surface area contributed by atoms with Gasteiger partial charge in [0.1, 0.15) is 5.69 Å². The van der Waals surface area contributed by atoms with Gasteiger partial charge < -0.3 is 5.32 Å². The summed E-state index contributed by atoms with van der Waals surface area (Å²) in [5, 5.41) is 3.83. The van der Waals surface area contributed by atoms with Gasteiger partial charge in [0.25, 0.3) is 5.91 Å². The van der Waals surface area contributed by atoms with E-state index in [-0.39, 0.29) is 5.91 Å². The number of aromatic nitrogens is 2. The smallest absolute Gasteiger partial charge is 0.270 e. The third kappa shape index (κ3) is 2.51. The van der Waals surface area contributed by atoms with E-state index in [9.17, 15) is 4.79 Å². The number of hydrogen-bond acceptors (Lipinski definition) is 3. The molecule has 0 aliphatic heterocycles. The Morgan fingerprint density at radius 2 is 2.11 bits per heavy atom. The molecular formula is C14H15N3OS. The SMILES string of the molecule is CSc1ncc(C(=O)NC2CC2)n1-c1ccccc1. The first-order valence-corrected chi connectivity index (χ1v) is 7.50. The van der Waals surface area contributed by atoms with E-state index in [1.165, 1.54) is 11.8 Å². The highest BCUT2D eigenvalue weighted by molar-refractivity contribution is 7.98. The molecule has 1 N–H and O–H groups in total. The number of nitrogens with one attached hydrogen (secondary N) is 1. The van der Waals surface area contributed by atoms with Crippen molar-refractivity contribution in [3.05, 3.63) is 42.2 Å². The Morgan fingerprint density at radius 3 is 2.74 bits per heavy atom. The molecule has 1 aliphatic rings. The van der Waals surface area contributed by atoms with Crippen LogP contribution in [0.2, 0.25) is 0 Å². The number of rotatable bonds is 4. The first-order valence-electron chi connectivity index (χ1n) is 6.27. The van der Waals surface area contributed by atoms with Gasteiger partial charge in [0, 0.05) is 11.7 Å². The zero-order valence-electron chi connectivity index (χ0n) is 10.7. The van der Waals surface area contributed by atoms with E-state index < -0.39 is 0 Å². The molecule has 1 saturated carbocycles. The maximum atomic E-state index is 12.2. The molecule has 0 spiro atoms. The van der Waals surface area contributed by atoms with E-state index in [0.29, 0.717) is 11.7 Å². The highest BCUT2D eigenvalue weighted by Gasteiger charge is 2.26. The number of carbonyl (C=O) groups excluding carboxylic acids is 1. The Labute approximate surface area is 116 Å². The van der Waals surface area contributed by atoms with Crippen LogP contribution in [0.3, 0.4) is 0 Å². The van der Waals surface area contributed by atoms with Gasteiger partial charge in [-0.1, -0.05) is 30.0 Å². The molecule has 1 aromatic carbocycles. The first-order chi connectivity index (χ1) is 9.29. The van der Waals surface area contributed by atoms with Gasteiger partial charge >= 0.3 is 0 Å². The summed E-state index contributed by atoms with van der Waals surface area (Å²) in [5.41, 5.74) is 1.56. The van der Waals surface area contributed by atoms with Gasteiger partial charge in [-0.05, 0) is 31.2 Å². The second-order valence-corrected chi connectivity index (χ2v) is 5.32. The predicted octanol–water partition coefficient (Wildman–Crippen LogP) is 2.49. The fourth-order valence-electron chi connectivity index (χ4n) is 1.95. The Bertz CT molecular complexity index is 590. The van der Waals surface area contributed by atoms with Gasteiger partial charge in [0.05, 0.1) is 6.20 Å². The summed E-state index contributed by atoms with van der Waals surface area (Å²) in [6.45, 7) is 0. The van der Waals surface area contributed by atoms with E-state index in [1.54, 1.807) is 6.20 Å². The van der Waals surface area contributed by atoms with Crippen LogP contribution in [0, 0.1) is 0 Å². The maximum Gasteiger partial charge on any atom is 0.270 e. The Hall–Kier alpha value is -1.75. The Balaban J connectivity index is 2.00.